The van der Waals surface area contributed by atoms with Crippen LogP contribution in [0.3, 0.4) is 0 Å². The molecule has 39 heavy (non-hydrogen) atoms. The second-order valence-electron chi connectivity index (χ2n) is 10.0. The van der Waals surface area contributed by atoms with Crippen LogP contribution in [-0.4, -0.2) is 29.3 Å². The van der Waals surface area contributed by atoms with Gasteiger partial charge in [-0.25, -0.2) is 14.0 Å². The standard InChI is InChI=1S/C28H46N6.C4H6.Mn/c1-7-13-22-19-25(16-10-4)32(29-22)28(33-26(17-11-5)20-23(30-33)14-8-2)34-27(18-12-6)21-24(31-34)15-9-3;1-3-4-2;/h19-21,28H,7-18H2,1-6H3;3-4H,1-2H2;. The van der Waals surface area contributed by atoms with Gasteiger partial charge in [-0.1, -0.05) is 105 Å². The van der Waals surface area contributed by atoms with Gasteiger partial charge in [-0.05, 0) is 56.7 Å². The van der Waals surface area contributed by atoms with Crippen molar-refractivity contribution in [3.8, 4) is 0 Å². The molecular formula is C32H52MnN6. The zero-order valence-corrected chi connectivity index (χ0v) is 26.6. The summed E-state index contributed by atoms with van der Waals surface area (Å²) in [5, 5.41) is 15.5. The molecule has 217 valence electrons. The molecule has 0 unspecified atom stereocenters. The first kappa shape index (κ1) is 34.7. The van der Waals surface area contributed by atoms with Crippen LogP contribution >= 0.6 is 0 Å². The van der Waals surface area contributed by atoms with Crippen LogP contribution in [0.2, 0.25) is 0 Å². The van der Waals surface area contributed by atoms with Crippen molar-refractivity contribution in [2.24, 2.45) is 0 Å². The predicted octanol–water partition coefficient (Wildman–Crippen LogP) is 7.90. The number of aromatic nitrogens is 6. The van der Waals surface area contributed by atoms with Crippen LogP contribution in [-0.2, 0) is 55.6 Å². The summed E-state index contributed by atoms with van der Waals surface area (Å²) < 4.78 is 6.70. The minimum absolute atomic E-state index is 0. The van der Waals surface area contributed by atoms with E-state index in [1.165, 1.54) is 34.2 Å². The van der Waals surface area contributed by atoms with Crippen LogP contribution in [0.1, 0.15) is 121 Å². The van der Waals surface area contributed by atoms with Crippen molar-refractivity contribution >= 4 is 0 Å². The van der Waals surface area contributed by atoms with E-state index in [0.717, 1.165) is 77.0 Å². The van der Waals surface area contributed by atoms with Crippen molar-refractivity contribution in [2.75, 3.05) is 0 Å². The first-order valence-electron chi connectivity index (χ1n) is 15.0. The van der Waals surface area contributed by atoms with E-state index in [2.05, 4.69) is 86.9 Å². The Morgan fingerprint density at radius 2 is 0.795 bits per heavy atom. The van der Waals surface area contributed by atoms with E-state index < -0.39 is 0 Å². The maximum atomic E-state index is 5.18. The monoisotopic (exact) mass is 575 g/mol. The molecular weight excluding hydrogens is 523 g/mol. The molecule has 0 amide bonds. The van der Waals surface area contributed by atoms with Crippen molar-refractivity contribution in [1.29, 1.82) is 0 Å². The molecule has 3 aromatic rings. The molecule has 0 spiro atoms. The summed E-state index contributed by atoms with van der Waals surface area (Å²) in [7, 11) is 0. The quantitative estimate of drug-likeness (QED) is 0.129. The number of hydrogen-bond acceptors (Lipinski definition) is 3. The van der Waals surface area contributed by atoms with E-state index >= 15 is 0 Å². The van der Waals surface area contributed by atoms with Gasteiger partial charge in [0.05, 0.1) is 17.1 Å². The largest absolute Gasteiger partial charge is 0.238 e. The molecule has 0 atom stereocenters. The molecule has 0 fully saturated rings. The molecule has 0 aromatic carbocycles. The van der Waals surface area contributed by atoms with Crippen LogP contribution in [0.5, 0.6) is 0 Å². The van der Waals surface area contributed by atoms with E-state index in [4.69, 9.17) is 15.3 Å². The maximum absolute atomic E-state index is 5.18. The molecule has 0 aliphatic heterocycles. The Morgan fingerprint density at radius 3 is 1.00 bits per heavy atom. The van der Waals surface area contributed by atoms with Gasteiger partial charge in [0, 0.05) is 34.2 Å². The molecule has 3 aromatic heterocycles. The van der Waals surface area contributed by atoms with Crippen LogP contribution in [0, 0.1) is 0 Å². The minimum Gasteiger partial charge on any atom is -0.224 e. The molecule has 0 saturated heterocycles. The second kappa shape index (κ2) is 18.8. The van der Waals surface area contributed by atoms with Crippen molar-refractivity contribution < 1.29 is 17.1 Å². The van der Waals surface area contributed by atoms with E-state index in [-0.39, 0.29) is 23.4 Å². The summed E-state index contributed by atoms with van der Waals surface area (Å²) in [6.45, 7) is 20.1. The summed E-state index contributed by atoms with van der Waals surface area (Å²) in [5.41, 5.74) is 7.36. The third kappa shape index (κ3) is 9.65. The molecule has 0 aliphatic carbocycles. The fraction of sp³-hybridized carbons (Fsp3) is 0.594. The van der Waals surface area contributed by atoms with Gasteiger partial charge < -0.3 is 0 Å². The Labute approximate surface area is 248 Å². The van der Waals surface area contributed by atoms with Crippen LogP contribution in [0.25, 0.3) is 0 Å². The first-order chi connectivity index (χ1) is 18.5. The number of aryl methyl sites for hydroxylation is 6. The van der Waals surface area contributed by atoms with E-state index in [9.17, 15) is 0 Å². The normalized spacial score (nSPS) is 10.7. The van der Waals surface area contributed by atoms with Gasteiger partial charge in [0.25, 0.3) is 0 Å². The number of hydrogen-bond donors (Lipinski definition) is 0. The fourth-order valence-corrected chi connectivity index (χ4v) is 4.84. The Kier molecular flexibility index (Phi) is 16.7. The molecule has 1 radical (unpaired) electrons. The summed E-state index contributed by atoms with van der Waals surface area (Å²) in [5.74, 6) is 0. The van der Waals surface area contributed by atoms with Crippen molar-refractivity contribution in [3.05, 3.63) is 77.7 Å². The van der Waals surface area contributed by atoms with Crippen LogP contribution in [0.15, 0.2) is 43.5 Å². The average molecular weight is 576 g/mol. The van der Waals surface area contributed by atoms with Gasteiger partial charge in [-0.3, -0.25) is 0 Å². The Morgan fingerprint density at radius 1 is 0.538 bits per heavy atom. The molecule has 0 N–H and O–H groups in total. The third-order valence-corrected chi connectivity index (χ3v) is 6.45. The van der Waals surface area contributed by atoms with E-state index in [1.807, 2.05) is 0 Å². The second-order valence-corrected chi connectivity index (χ2v) is 10.0. The number of nitrogens with zero attached hydrogens (tertiary/aromatic N) is 6. The number of rotatable bonds is 16. The summed E-state index contributed by atoms with van der Waals surface area (Å²) >= 11 is 0. The summed E-state index contributed by atoms with van der Waals surface area (Å²) in [6, 6.07) is 6.93. The minimum atomic E-state index is -0.202. The molecule has 0 bridgehead atoms. The topological polar surface area (TPSA) is 53.5 Å². The Hall–Kier alpha value is -2.37. The van der Waals surface area contributed by atoms with Gasteiger partial charge in [-0.15, -0.1) is 0 Å². The summed E-state index contributed by atoms with van der Waals surface area (Å²) in [6.07, 6.45) is 15.7. The predicted molar refractivity (Wildman–Crippen MR) is 161 cm³/mol. The van der Waals surface area contributed by atoms with E-state index in [1.54, 1.807) is 12.2 Å². The molecule has 7 heteroatoms. The zero-order chi connectivity index (χ0) is 27.9. The molecule has 0 aliphatic rings. The Bertz CT molecular complexity index is 971. The number of allylic oxidation sites excluding steroid dienone is 2. The summed E-state index contributed by atoms with van der Waals surface area (Å²) in [4.78, 5) is 0. The third-order valence-electron chi connectivity index (χ3n) is 6.45. The smallest absolute Gasteiger partial charge is 0.224 e. The van der Waals surface area contributed by atoms with Gasteiger partial charge >= 0.3 is 0 Å². The fourth-order valence-electron chi connectivity index (χ4n) is 4.84. The molecule has 6 nitrogen and oxygen atoms in total. The van der Waals surface area contributed by atoms with Gasteiger partial charge in [0.15, 0.2) is 0 Å². The van der Waals surface area contributed by atoms with Crippen molar-refractivity contribution in [2.45, 2.75) is 125 Å². The average Bonchev–Trinajstić information content (AvgIpc) is 3.60. The van der Waals surface area contributed by atoms with Crippen LogP contribution in [0.4, 0.5) is 0 Å². The molecule has 3 rings (SSSR count). The maximum Gasteiger partial charge on any atom is 0.238 e. The Balaban J connectivity index is 0.00000142. The van der Waals surface area contributed by atoms with E-state index in [0.29, 0.717) is 0 Å². The molecule has 3 heterocycles. The van der Waals surface area contributed by atoms with Crippen molar-refractivity contribution in [1.82, 2.24) is 29.3 Å². The van der Waals surface area contributed by atoms with Gasteiger partial charge in [-0.2, -0.15) is 15.3 Å². The molecule has 0 saturated carbocycles. The SMILES string of the molecule is C=CC=C.CCCc1cc(CCC)n(C(n2nc(CCC)cc2CCC)n2nc(CCC)cc2CCC)n1.[Mn]. The van der Waals surface area contributed by atoms with Gasteiger partial charge in [0.1, 0.15) is 0 Å². The first-order valence-corrected chi connectivity index (χ1v) is 15.0. The van der Waals surface area contributed by atoms with Crippen molar-refractivity contribution in [3.63, 3.8) is 0 Å². The van der Waals surface area contributed by atoms with Gasteiger partial charge in [0.2, 0.25) is 6.29 Å². The zero-order valence-electron chi connectivity index (χ0n) is 25.4. The van der Waals surface area contributed by atoms with Crippen LogP contribution < -0.4 is 0 Å².